The minimum atomic E-state index is 0. The van der Waals surface area contributed by atoms with Gasteiger partial charge in [0.15, 0.2) is 0 Å². The molecule has 0 aliphatic carbocycles. The second-order valence-corrected chi connectivity index (χ2v) is 0.832. The summed E-state index contributed by atoms with van der Waals surface area (Å²) in [7, 11) is 0. The summed E-state index contributed by atoms with van der Waals surface area (Å²) in [6.07, 6.45) is 3.50. The molecule has 0 saturated carbocycles. The maximum absolute atomic E-state index is 3.72. The molecular weight excluding hydrogens is 213 g/mol. The molecule has 34 valence electrons. The molecule has 1 heterocycles. The summed E-state index contributed by atoms with van der Waals surface area (Å²) >= 11 is 0. The largest absolute Gasteiger partial charge is 2.00 e. The fourth-order valence-corrected chi connectivity index (χ4v) is 0.248. The third kappa shape index (κ3) is 4.63. The monoisotopic (exact) mass is 217 g/mol. The van der Waals surface area contributed by atoms with Gasteiger partial charge in [0, 0.05) is 0 Å². The summed E-state index contributed by atoms with van der Waals surface area (Å²) in [6, 6.07) is 3.78. The quantitative estimate of drug-likeness (QED) is 0.340. The van der Waals surface area contributed by atoms with Crippen LogP contribution >= 0.6 is 0 Å². The van der Waals surface area contributed by atoms with Crippen molar-refractivity contribution >= 4 is 23.1 Å². The van der Waals surface area contributed by atoms with E-state index in [1.165, 1.54) is 0 Å². The van der Waals surface area contributed by atoms with Gasteiger partial charge in [-0.15, -0.1) is 0 Å². The Hall–Kier alpha value is 0.776. The minimum absolute atomic E-state index is 0. The SMILES string of the molecule is [I-].[Mg+2].c1cc[n-]c1. The van der Waals surface area contributed by atoms with Crippen LogP contribution in [-0.4, -0.2) is 23.1 Å². The predicted molar refractivity (Wildman–Crippen MR) is 25.5 cm³/mol. The average molecular weight is 217 g/mol. The summed E-state index contributed by atoms with van der Waals surface area (Å²) in [4.78, 5) is 3.72. The van der Waals surface area contributed by atoms with E-state index in [9.17, 15) is 0 Å². The predicted octanol–water partition coefficient (Wildman–Crippen LogP) is -2.73. The molecule has 0 fully saturated rings. The van der Waals surface area contributed by atoms with E-state index in [2.05, 4.69) is 4.98 Å². The molecule has 0 bridgehead atoms. The Kier molecular flexibility index (Phi) is 10.4. The van der Waals surface area contributed by atoms with E-state index < -0.39 is 0 Å². The molecule has 0 unspecified atom stereocenters. The van der Waals surface area contributed by atoms with Gasteiger partial charge in [0.2, 0.25) is 0 Å². The number of halogens is 1. The van der Waals surface area contributed by atoms with Crippen molar-refractivity contribution in [3.8, 4) is 0 Å². The Labute approximate surface area is 76.1 Å². The third-order valence-electron chi connectivity index (χ3n) is 0.455. The molecule has 0 atom stereocenters. The van der Waals surface area contributed by atoms with Crippen molar-refractivity contribution in [1.82, 2.24) is 4.98 Å². The zero-order valence-electron chi connectivity index (χ0n) is 3.84. The Morgan fingerprint density at radius 1 is 1.00 bits per heavy atom. The topological polar surface area (TPSA) is 14.1 Å². The van der Waals surface area contributed by atoms with Gasteiger partial charge < -0.3 is 29.0 Å². The van der Waals surface area contributed by atoms with Gasteiger partial charge in [0.05, 0.1) is 0 Å². The van der Waals surface area contributed by atoms with Crippen molar-refractivity contribution in [1.29, 1.82) is 0 Å². The summed E-state index contributed by atoms with van der Waals surface area (Å²) < 4.78 is 0. The van der Waals surface area contributed by atoms with Crippen molar-refractivity contribution < 1.29 is 24.0 Å². The molecular formula is C4H4IMgN. The first-order valence-electron chi connectivity index (χ1n) is 1.52. The second-order valence-electron chi connectivity index (χ2n) is 0.832. The van der Waals surface area contributed by atoms with Crippen LogP contribution in [0.2, 0.25) is 0 Å². The molecule has 0 N–H and O–H groups in total. The van der Waals surface area contributed by atoms with Gasteiger partial charge >= 0.3 is 23.1 Å². The van der Waals surface area contributed by atoms with E-state index in [0.717, 1.165) is 0 Å². The van der Waals surface area contributed by atoms with E-state index in [-0.39, 0.29) is 47.0 Å². The molecule has 1 aromatic rings. The number of hydrogen-bond acceptors (Lipinski definition) is 0. The van der Waals surface area contributed by atoms with Gasteiger partial charge in [0.25, 0.3) is 0 Å². The molecule has 0 saturated heterocycles. The van der Waals surface area contributed by atoms with Crippen molar-refractivity contribution in [3.05, 3.63) is 24.5 Å². The standard InChI is InChI=1S/C4H4N.HI.Mg/c1-2-4-5-3-1;;/h1-4H;1H;/q-1;;+2/p-1. The molecule has 0 spiro atoms. The normalized spacial score (nSPS) is 5.71. The first kappa shape index (κ1) is 10.7. The van der Waals surface area contributed by atoms with E-state index in [0.29, 0.717) is 0 Å². The Bertz CT molecular complexity index is 68.2. The van der Waals surface area contributed by atoms with Gasteiger partial charge in [0.1, 0.15) is 0 Å². The van der Waals surface area contributed by atoms with E-state index in [1.807, 2.05) is 12.1 Å². The van der Waals surface area contributed by atoms with Gasteiger partial charge in [-0.3, -0.25) is 0 Å². The van der Waals surface area contributed by atoms with E-state index >= 15 is 0 Å². The second kappa shape index (κ2) is 6.78. The smallest absolute Gasteiger partial charge is 1.00 e. The fourth-order valence-electron chi connectivity index (χ4n) is 0.248. The Morgan fingerprint density at radius 2 is 1.43 bits per heavy atom. The zero-order valence-corrected chi connectivity index (χ0v) is 7.41. The van der Waals surface area contributed by atoms with Crippen LogP contribution in [0.25, 0.3) is 0 Å². The average Bonchev–Trinajstić information content (AvgIpc) is 1.76. The Morgan fingerprint density at radius 3 is 1.57 bits per heavy atom. The van der Waals surface area contributed by atoms with Gasteiger partial charge in [-0.1, -0.05) is 12.1 Å². The number of nitrogens with zero attached hydrogens (tertiary/aromatic N) is 1. The van der Waals surface area contributed by atoms with Crippen molar-refractivity contribution in [2.75, 3.05) is 0 Å². The molecule has 0 amide bonds. The van der Waals surface area contributed by atoms with Crippen LogP contribution in [0.5, 0.6) is 0 Å². The fraction of sp³-hybridized carbons (Fsp3) is 0. The van der Waals surface area contributed by atoms with Crippen LogP contribution < -0.4 is 29.0 Å². The molecule has 1 nitrogen and oxygen atoms in total. The maximum atomic E-state index is 3.72. The molecule has 0 aliphatic heterocycles. The van der Waals surface area contributed by atoms with Gasteiger partial charge in [-0.05, 0) is 0 Å². The van der Waals surface area contributed by atoms with Crippen LogP contribution in [0.15, 0.2) is 24.5 Å². The van der Waals surface area contributed by atoms with E-state index in [4.69, 9.17) is 0 Å². The summed E-state index contributed by atoms with van der Waals surface area (Å²) in [6.45, 7) is 0. The molecule has 0 radical (unpaired) electrons. The number of aromatic nitrogens is 1. The maximum Gasteiger partial charge on any atom is 2.00 e. The third-order valence-corrected chi connectivity index (χ3v) is 0.455. The molecule has 7 heavy (non-hydrogen) atoms. The van der Waals surface area contributed by atoms with E-state index in [1.54, 1.807) is 12.4 Å². The van der Waals surface area contributed by atoms with Crippen LogP contribution in [0.4, 0.5) is 0 Å². The minimum Gasteiger partial charge on any atom is -1.00 e. The number of hydrogen-bond donors (Lipinski definition) is 0. The van der Waals surface area contributed by atoms with Crippen molar-refractivity contribution in [3.63, 3.8) is 0 Å². The first-order chi connectivity index (χ1) is 2.50. The van der Waals surface area contributed by atoms with Gasteiger partial charge in [-0.2, -0.15) is 12.4 Å². The summed E-state index contributed by atoms with van der Waals surface area (Å²) in [5, 5.41) is 0. The van der Waals surface area contributed by atoms with Crippen LogP contribution in [0.3, 0.4) is 0 Å². The molecule has 1 rings (SSSR count). The first-order valence-corrected chi connectivity index (χ1v) is 1.52. The van der Waals surface area contributed by atoms with Gasteiger partial charge in [-0.25, -0.2) is 0 Å². The van der Waals surface area contributed by atoms with Crippen LogP contribution in [0, 0.1) is 0 Å². The molecule has 0 aromatic carbocycles. The summed E-state index contributed by atoms with van der Waals surface area (Å²) in [5.41, 5.74) is 0. The zero-order chi connectivity index (χ0) is 3.54. The Balaban J connectivity index is 0. The molecule has 0 aliphatic rings. The van der Waals surface area contributed by atoms with Crippen molar-refractivity contribution in [2.45, 2.75) is 0 Å². The molecule has 3 heteroatoms. The molecule has 1 aromatic heterocycles. The van der Waals surface area contributed by atoms with Crippen molar-refractivity contribution in [2.24, 2.45) is 0 Å². The number of rotatable bonds is 0. The summed E-state index contributed by atoms with van der Waals surface area (Å²) in [5.74, 6) is 0. The van der Waals surface area contributed by atoms with Crippen LogP contribution in [0.1, 0.15) is 0 Å². The van der Waals surface area contributed by atoms with Crippen LogP contribution in [-0.2, 0) is 0 Å².